The molecule has 1 heterocycles. The Hall–Kier alpha value is -1.53. The number of nitrogen functional groups attached to an aromatic ring is 1. The smallest absolute Gasteiger partial charge is 0.179 e. The molecular weight excluding hydrogens is 358 g/mol. The highest BCUT2D eigenvalue weighted by molar-refractivity contribution is 9.10. The lowest BCUT2D eigenvalue weighted by Crippen LogP contribution is -2.02. The lowest BCUT2D eigenvalue weighted by Gasteiger charge is -2.12. The first kappa shape index (κ1) is 15.9. The first-order valence-corrected chi connectivity index (χ1v) is 7.42. The molecule has 0 aliphatic heterocycles. The molecule has 0 amide bonds. The third-order valence-electron chi connectivity index (χ3n) is 2.97. The van der Waals surface area contributed by atoms with Crippen LogP contribution in [0, 0.1) is 0 Å². The van der Waals surface area contributed by atoms with Crippen molar-refractivity contribution in [2.75, 3.05) is 20.0 Å². The number of rotatable bonds is 4. The van der Waals surface area contributed by atoms with Crippen LogP contribution in [0.2, 0.25) is 5.02 Å². The molecule has 0 bridgehead atoms. The third-order valence-corrected chi connectivity index (χ3v) is 4.12. The largest absolute Gasteiger partial charge is 0.493 e. The van der Waals surface area contributed by atoms with E-state index in [2.05, 4.69) is 25.9 Å². The van der Waals surface area contributed by atoms with E-state index in [1.807, 2.05) is 6.92 Å². The molecule has 0 atom stereocenters. The molecular formula is C14H15BrClN3O2. The van der Waals surface area contributed by atoms with Gasteiger partial charge in [0.2, 0.25) is 0 Å². The van der Waals surface area contributed by atoms with E-state index in [1.165, 1.54) is 7.11 Å². The van der Waals surface area contributed by atoms with Gasteiger partial charge in [0.1, 0.15) is 5.82 Å². The number of aromatic nitrogens is 2. The maximum absolute atomic E-state index is 6.21. The fourth-order valence-electron chi connectivity index (χ4n) is 1.92. The fraction of sp³-hybridized carbons (Fsp3) is 0.286. The standard InChI is InChI=1S/C14H15BrClN3O2/c1-4-9-11(15)13(17)19-14(18-9)7-5-8(16)12(21-3)10(6-7)20-2/h5-6H,4H2,1-3H3,(H2,17,18,19). The molecule has 1 aromatic heterocycles. The van der Waals surface area contributed by atoms with Crippen LogP contribution in [0.25, 0.3) is 11.4 Å². The minimum Gasteiger partial charge on any atom is -0.493 e. The Balaban J connectivity index is 2.62. The number of benzene rings is 1. The molecule has 2 rings (SSSR count). The van der Waals surface area contributed by atoms with Gasteiger partial charge in [-0.05, 0) is 34.5 Å². The van der Waals surface area contributed by atoms with E-state index in [9.17, 15) is 0 Å². The van der Waals surface area contributed by atoms with Gasteiger partial charge in [0, 0.05) is 5.56 Å². The Morgan fingerprint density at radius 3 is 2.52 bits per heavy atom. The van der Waals surface area contributed by atoms with E-state index in [0.717, 1.165) is 16.6 Å². The van der Waals surface area contributed by atoms with Gasteiger partial charge < -0.3 is 15.2 Å². The average molecular weight is 373 g/mol. The molecule has 0 unspecified atom stereocenters. The number of aryl methyl sites for hydroxylation is 1. The molecule has 21 heavy (non-hydrogen) atoms. The average Bonchev–Trinajstić information content (AvgIpc) is 2.48. The summed E-state index contributed by atoms with van der Waals surface area (Å²) in [6, 6.07) is 3.50. The molecule has 0 radical (unpaired) electrons. The van der Waals surface area contributed by atoms with Crippen molar-refractivity contribution in [3.63, 3.8) is 0 Å². The summed E-state index contributed by atoms with van der Waals surface area (Å²) in [7, 11) is 3.08. The van der Waals surface area contributed by atoms with Crippen molar-refractivity contribution in [3.05, 3.63) is 27.3 Å². The predicted molar refractivity (Wildman–Crippen MR) is 87.1 cm³/mol. The molecule has 2 N–H and O–H groups in total. The zero-order chi connectivity index (χ0) is 15.6. The summed E-state index contributed by atoms with van der Waals surface area (Å²) >= 11 is 9.60. The van der Waals surface area contributed by atoms with E-state index in [4.69, 9.17) is 26.8 Å². The summed E-state index contributed by atoms with van der Waals surface area (Å²) in [6.45, 7) is 2.00. The van der Waals surface area contributed by atoms with Crippen molar-refractivity contribution >= 4 is 33.3 Å². The Morgan fingerprint density at radius 2 is 1.95 bits per heavy atom. The van der Waals surface area contributed by atoms with Gasteiger partial charge in [-0.3, -0.25) is 0 Å². The second-order valence-electron chi connectivity index (χ2n) is 4.24. The fourth-order valence-corrected chi connectivity index (χ4v) is 2.67. The van der Waals surface area contributed by atoms with Crippen molar-refractivity contribution in [1.29, 1.82) is 0 Å². The number of halogens is 2. The second-order valence-corrected chi connectivity index (χ2v) is 5.44. The highest BCUT2D eigenvalue weighted by Gasteiger charge is 2.15. The summed E-state index contributed by atoms with van der Waals surface area (Å²) in [6.07, 6.45) is 0.737. The highest BCUT2D eigenvalue weighted by atomic mass is 79.9. The monoisotopic (exact) mass is 371 g/mol. The summed E-state index contributed by atoms with van der Waals surface area (Å²) in [5, 5.41) is 0.426. The lowest BCUT2D eigenvalue weighted by atomic mass is 10.1. The van der Waals surface area contributed by atoms with Crippen molar-refractivity contribution in [2.45, 2.75) is 13.3 Å². The van der Waals surface area contributed by atoms with Crippen molar-refractivity contribution in [3.8, 4) is 22.9 Å². The van der Waals surface area contributed by atoms with Gasteiger partial charge in [-0.2, -0.15) is 0 Å². The lowest BCUT2D eigenvalue weighted by molar-refractivity contribution is 0.355. The number of hydrogen-bond acceptors (Lipinski definition) is 5. The Kier molecular flexibility index (Phi) is 4.90. The van der Waals surface area contributed by atoms with E-state index in [1.54, 1.807) is 19.2 Å². The maximum Gasteiger partial charge on any atom is 0.179 e. The van der Waals surface area contributed by atoms with Crippen LogP contribution < -0.4 is 15.2 Å². The zero-order valence-corrected chi connectivity index (χ0v) is 14.2. The minimum atomic E-state index is 0.391. The van der Waals surface area contributed by atoms with Crippen molar-refractivity contribution < 1.29 is 9.47 Å². The number of anilines is 1. The molecule has 0 aliphatic rings. The van der Waals surface area contributed by atoms with Crippen LogP contribution in [0.5, 0.6) is 11.5 Å². The van der Waals surface area contributed by atoms with E-state index >= 15 is 0 Å². The molecule has 5 nitrogen and oxygen atoms in total. The quantitative estimate of drug-likeness (QED) is 0.885. The zero-order valence-electron chi connectivity index (χ0n) is 11.9. The first-order valence-electron chi connectivity index (χ1n) is 6.25. The van der Waals surface area contributed by atoms with Crippen LogP contribution in [0.1, 0.15) is 12.6 Å². The number of ether oxygens (including phenoxy) is 2. The summed E-state index contributed by atoms with van der Waals surface area (Å²) in [4.78, 5) is 8.79. The molecule has 0 fully saturated rings. The molecule has 2 aromatic rings. The number of nitrogens with two attached hydrogens (primary N) is 1. The molecule has 0 aliphatic carbocycles. The molecule has 0 saturated carbocycles. The van der Waals surface area contributed by atoms with Gasteiger partial charge in [-0.25, -0.2) is 9.97 Å². The van der Waals surface area contributed by atoms with Crippen LogP contribution in [0.4, 0.5) is 5.82 Å². The van der Waals surface area contributed by atoms with Crippen LogP contribution in [-0.2, 0) is 6.42 Å². The Labute approximate surface area is 136 Å². The van der Waals surface area contributed by atoms with E-state index in [-0.39, 0.29) is 0 Å². The SMILES string of the molecule is CCc1nc(-c2cc(Cl)c(OC)c(OC)c2)nc(N)c1Br. The first-order chi connectivity index (χ1) is 10.0. The maximum atomic E-state index is 6.21. The number of hydrogen-bond donors (Lipinski definition) is 1. The normalized spacial score (nSPS) is 10.5. The summed E-state index contributed by atoms with van der Waals surface area (Å²) < 4.78 is 11.2. The molecule has 1 aromatic carbocycles. The summed E-state index contributed by atoms with van der Waals surface area (Å²) in [5.41, 5.74) is 7.46. The van der Waals surface area contributed by atoms with E-state index < -0.39 is 0 Å². The number of methoxy groups -OCH3 is 2. The van der Waals surface area contributed by atoms with Gasteiger partial charge in [0.05, 0.1) is 29.4 Å². The third kappa shape index (κ3) is 3.06. The van der Waals surface area contributed by atoms with Gasteiger partial charge in [0.25, 0.3) is 0 Å². The van der Waals surface area contributed by atoms with E-state index in [0.29, 0.717) is 33.7 Å². The summed E-state index contributed by atoms with van der Waals surface area (Å²) in [5.74, 6) is 1.88. The van der Waals surface area contributed by atoms with Crippen molar-refractivity contribution in [1.82, 2.24) is 9.97 Å². The Morgan fingerprint density at radius 1 is 1.24 bits per heavy atom. The van der Waals surface area contributed by atoms with Gasteiger partial charge >= 0.3 is 0 Å². The topological polar surface area (TPSA) is 70.3 Å². The Bertz CT molecular complexity index is 680. The van der Waals surface area contributed by atoms with Gasteiger partial charge in [-0.1, -0.05) is 18.5 Å². The van der Waals surface area contributed by atoms with Crippen LogP contribution in [0.15, 0.2) is 16.6 Å². The van der Waals surface area contributed by atoms with Crippen LogP contribution in [0.3, 0.4) is 0 Å². The highest BCUT2D eigenvalue weighted by Crippen LogP contribution is 2.39. The molecule has 112 valence electrons. The van der Waals surface area contributed by atoms with Crippen LogP contribution in [-0.4, -0.2) is 24.2 Å². The predicted octanol–water partition coefficient (Wildman–Crippen LogP) is 3.72. The molecule has 0 saturated heterocycles. The van der Waals surface area contributed by atoms with Gasteiger partial charge in [-0.15, -0.1) is 0 Å². The van der Waals surface area contributed by atoms with Crippen molar-refractivity contribution in [2.24, 2.45) is 0 Å². The molecule has 0 spiro atoms. The van der Waals surface area contributed by atoms with Gasteiger partial charge in [0.15, 0.2) is 17.3 Å². The minimum absolute atomic E-state index is 0.391. The number of nitrogens with zero attached hydrogens (tertiary/aromatic N) is 2. The second kappa shape index (κ2) is 6.49. The molecule has 7 heteroatoms. The van der Waals surface area contributed by atoms with Crippen LogP contribution >= 0.6 is 27.5 Å².